The lowest BCUT2D eigenvalue weighted by Crippen LogP contribution is -2.34. The summed E-state index contributed by atoms with van der Waals surface area (Å²) in [6.07, 6.45) is 0. The maximum Gasteiger partial charge on any atom is 0.411 e. The van der Waals surface area contributed by atoms with Gasteiger partial charge in [-0.2, -0.15) is 6.57 Å². The lowest BCUT2D eigenvalue weighted by atomic mass is 10.5. The zero-order chi connectivity index (χ0) is 12.9. The Morgan fingerprint density at radius 1 is 0.941 bits per heavy atom. The van der Waals surface area contributed by atoms with Crippen LogP contribution in [0.1, 0.15) is 0 Å². The largest absolute Gasteiger partial charge is 0.411 e. The van der Waals surface area contributed by atoms with Crippen LogP contribution >= 0.6 is 48.4 Å². The fraction of sp³-hybridized carbons (Fsp3) is 0. The first kappa shape index (κ1) is 12.3. The average molecular weight is 430 g/mol. The second-order valence-corrected chi connectivity index (χ2v) is 4.92. The van der Waals surface area contributed by atoms with Crippen molar-refractivity contribution in [3.8, 4) is 0 Å². The van der Waals surface area contributed by atoms with Gasteiger partial charge in [0.25, 0.3) is 0 Å². The molecule has 0 aliphatic carbocycles. The number of aromatic nitrogens is 4. The Kier molecular flexibility index (Phi) is 2.88. The van der Waals surface area contributed by atoms with Gasteiger partial charge in [-0.05, 0) is 0 Å². The Morgan fingerprint density at radius 3 is 2.00 bits per heavy atom. The molecule has 0 radical (unpaired) electrons. The predicted molar refractivity (Wildman–Crippen MR) is 69.7 cm³/mol. The number of hydrogen-bond acceptors (Lipinski definition) is 3. The standard InChI is InChI=1S/C6Br3N5O3/c1-10-14-4(15)2-3(13(9)6(14)17)12(8)5(16)11(2)7. The Balaban J connectivity index is 3.36. The minimum atomic E-state index is -0.899. The summed E-state index contributed by atoms with van der Waals surface area (Å²) in [5, 5.41) is 0. The van der Waals surface area contributed by atoms with Gasteiger partial charge in [-0.15, -0.1) is 4.95 Å². The van der Waals surface area contributed by atoms with E-state index in [0.717, 1.165) is 10.8 Å². The first-order valence-electron chi connectivity index (χ1n) is 3.83. The zero-order valence-corrected chi connectivity index (χ0v) is 12.4. The van der Waals surface area contributed by atoms with E-state index in [-0.39, 0.29) is 11.2 Å². The van der Waals surface area contributed by atoms with Gasteiger partial charge in [0.15, 0.2) is 11.2 Å². The second-order valence-electron chi connectivity index (χ2n) is 2.80. The topological polar surface area (TPSA) is 75.3 Å². The number of nitrogens with zero attached hydrogens (tertiary/aromatic N) is 5. The highest BCUT2D eigenvalue weighted by Crippen LogP contribution is 2.13. The van der Waals surface area contributed by atoms with Crippen molar-refractivity contribution in [3.05, 3.63) is 42.8 Å². The molecule has 0 fully saturated rings. The number of imidazole rings is 1. The van der Waals surface area contributed by atoms with E-state index < -0.39 is 16.9 Å². The van der Waals surface area contributed by atoms with Gasteiger partial charge >= 0.3 is 16.9 Å². The Labute approximate surface area is 117 Å². The van der Waals surface area contributed by atoms with Crippen molar-refractivity contribution in [2.24, 2.45) is 0 Å². The van der Waals surface area contributed by atoms with Crippen molar-refractivity contribution in [1.82, 2.24) is 15.5 Å². The molecule has 0 atom stereocenters. The highest BCUT2D eigenvalue weighted by Gasteiger charge is 2.23. The number of rotatable bonds is 0. The molecule has 0 aromatic carbocycles. The molecule has 0 spiro atoms. The van der Waals surface area contributed by atoms with E-state index in [9.17, 15) is 14.4 Å². The normalized spacial score (nSPS) is 10.7. The van der Waals surface area contributed by atoms with Crippen LogP contribution in [-0.2, 0) is 0 Å². The number of halogens is 3. The van der Waals surface area contributed by atoms with Crippen molar-refractivity contribution in [3.63, 3.8) is 0 Å². The van der Waals surface area contributed by atoms with Crippen LogP contribution in [-0.4, -0.2) is 15.5 Å². The molecule has 0 N–H and O–H groups in total. The fourth-order valence-electron chi connectivity index (χ4n) is 1.24. The van der Waals surface area contributed by atoms with Crippen molar-refractivity contribution in [2.45, 2.75) is 0 Å². The molecule has 88 valence electrons. The zero-order valence-electron chi connectivity index (χ0n) is 7.59. The van der Waals surface area contributed by atoms with Gasteiger partial charge in [-0.1, -0.05) is 0 Å². The summed E-state index contributed by atoms with van der Waals surface area (Å²) in [6.45, 7) is 6.76. The molecule has 11 heteroatoms. The van der Waals surface area contributed by atoms with Gasteiger partial charge in [0.2, 0.25) is 0 Å². The summed E-state index contributed by atoms with van der Waals surface area (Å²) in [5.74, 6) is 0. The third-order valence-corrected chi connectivity index (χ3v) is 3.90. The van der Waals surface area contributed by atoms with Crippen LogP contribution in [0.5, 0.6) is 0 Å². The van der Waals surface area contributed by atoms with Crippen molar-refractivity contribution in [1.29, 1.82) is 0 Å². The summed E-state index contributed by atoms with van der Waals surface area (Å²) in [7, 11) is 0. The summed E-state index contributed by atoms with van der Waals surface area (Å²) in [6, 6.07) is 0. The van der Waals surface area contributed by atoms with Gasteiger partial charge in [0, 0.05) is 0 Å². The lowest BCUT2D eigenvalue weighted by Gasteiger charge is -1.97. The highest BCUT2D eigenvalue weighted by atomic mass is 79.9. The van der Waals surface area contributed by atoms with Gasteiger partial charge in [0.1, 0.15) is 0 Å². The average Bonchev–Trinajstić information content (AvgIpc) is 2.52. The maximum absolute atomic E-state index is 11.8. The molecular weight excluding hydrogens is 430 g/mol. The molecule has 17 heavy (non-hydrogen) atoms. The lowest BCUT2D eigenvalue weighted by molar-refractivity contribution is 0.874. The van der Waals surface area contributed by atoms with Crippen LogP contribution in [0.4, 0.5) is 0 Å². The van der Waals surface area contributed by atoms with Crippen LogP contribution in [0.3, 0.4) is 0 Å². The van der Waals surface area contributed by atoms with Crippen molar-refractivity contribution in [2.75, 3.05) is 0 Å². The molecule has 0 unspecified atom stereocenters. The monoisotopic (exact) mass is 427 g/mol. The SMILES string of the molecule is [C-]#[N+]n1c(=O)c2c(n(Br)c1=O)n(Br)c(=O)n2Br. The molecule has 0 saturated carbocycles. The molecule has 8 nitrogen and oxygen atoms in total. The molecule has 0 bridgehead atoms. The smallest absolute Gasteiger partial charge is 0.259 e. The summed E-state index contributed by atoms with van der Waals surface area (Å²) >= 11 is 8.66. The van der Waals surface area contributed by atoms with Crippen LogP contribution in [0.15, 0.2) is 14.4 Å². The van der Waals surface area contributed by atoms with E-state index in [1.165, 1.54) is 0 Å². The van der Waals surface area contributed by atoms with E-state index in [2.05, 4.69) is 53.4 Å². The van der Waals surface area contributed by atoms with Gasteiger partial charge < -0.3 is 0 Å². The number of fused-ring (bicyclic) bond motifs is 1. The summed E-state index contributed by atoms with van der Waals surface area (Å²) in [4.78, 5) is 37.8. The molecule has 0 aliphatic heterocycles. The quantitative estimate of drug-likeness (QED) is 0.565. The molecule has 0 amide bonds. The first-order valence-corrected chi connectivity index (χ1v) is 5.96. The van der Waals surface area contributed by atoms with Crippen LogP contribution in [0, 0.1) is 6.57 Å². The van der Waals surface area contributed by atoms with Gasteiger partial charge in [-0.25, -0.2) is 20.4 Å². The first-order chi connectivity index (χ1) is 7.91. The number of hydrogen-bond donors (Lipinski definition) is 0. The van der Waals surface area contributed by atoms with E-state index in [4.69, 9.17) is 6.57 Å². The van der Waals surface area contributed by atoms with Crippen molar-refractivity contribution >= 4 is 59.6 Å². The molecule has 0 aliphatic rings. The summed E-state index contributed by atoms with van der Waals surface area (Å²) in [5.41, 5.74) is -2.56. The Hall–Kier alpha value is -1.12. The molecule has 2 aromatic heterocycles. The van der Waals surface area contributed by atoms with E-state index in [0.29, 0.717) is 4.68 Å². The summed E-state index contributed by atoms with van der Waals surface area (Å²) < 4.78 is 2.93. The van der Waals surface area contributed by atoms with E-state index in [1.807, 2.05) is 0 Å². The Morgan fingerprint density at radius 2 is 1.47 bits per heavy atom. The molecular formula is C6Br3N5O3. The third kappa shape index (κ3) is 1.48. The molecule has 0 saturated heterocycles. The minimum Gasteiger partial charge on any atom is -0.259 e. The van der Waals surface area contributed by atoms with Crippen LogP contribution in [0.2, 0.25) is 0 Å². The Bertz CT molecular complexity index is 847. The molecule has 2 rings (SSSR count). The van der Waals surface area contributed by atoms with Crippen LogP contribution in [0.25, 0.3) is 16.1 Å². The van der Waals surface area contributed by atoms with Crippen molar-refractivity contribution < 1.29 is 0 Å². The second kappa shape index (κ2) is 3.97. The third-order valence-electron chi connectivity index (χ3n) is 1.96. The maximum atomic E-state index is 11.8. The van der Waals surface area contributed by atoms with Gasteiger partial charge in [-0.3, -0.25) is 4.79 Å². The molecule has 2 aromatic rings. The van der Waals surface area contributed by atoms with Crippen LogP contribution < -0.4 is 16.9 Å². The fourth-order valence-corrected chi connectivity index (χ4v) is 3.10. The molecule has 2 heterocycles. The minimum absolute atomic E-state index is 0.0122. The highest BCUT2D eigenvalue weighted by molar-refractivity contribution is 9.09. The van der Waals surface area contributed by atoms with Gasteiger partial charge in [0.05, 0.1) is 53.1 Å². The van der Waals surface area contributed by atoms with E-state index >= 15 is 0 Å². The predicted octanol–water partition coefficient (Wildman–Crippen LogP) is 0.283. The van der Waals surface area contributed by atoms with E-state index in [1.54, 1.807) is 0 Å².